The molecule has 4 fully saturated rings. The number of nitrogens with one attached hydrogen (secondary N) is 3. The van der Waals surface area contributed by atoms with Crippen LogP contribution in [0.15, 0.2) is 36.5 Å². The maximum atomic E-state index is 15.9. The van der Waals surface area contributed by atoms with E-state index in [9.17, 15) is 33.6 Å². The van der Waals surface area contributed by atoms with Crippen LogP contribution in [0.4, 0.5) is 42.0 Å². The Labute approximate surface area is 414 Å². The number of imide groups is 2. The van der Waals surface area contributed by atoms with E-state index in [0.29, 0.717) is 58.4 Å². The van der Waals surface area contributed by atoms with E-state index in [1.54, 1.807) is 23.1 Å². The van der Waals surface area contributed by atoms with Gasteiger partial charge in [0.25, 0.3) is 23.6 Å². The van der Waals surface area contributed by atoms with E-state index >= 15 is 13.2 Å². The average Bonchev–Trinajstić information content (AvgIpc) is 4.09. The predicted octanol–water partition coefficient (Wildman–Crippen LogP) is 4.48. The zero-order valence-corrected chi connectivity index (χ0v) is 41.3. The number of amides is 7. The minimum atomic E-state index is -3.66. The van der Waals surface area contributed by atoms with Crippen molar-refractivity contribution in [3.8, 4) is 5.75 Å². The van der Waals surface area contributed by atoms with Crippen LogP contribution in [0.25, 0.3) is 0 Å². The minimum absolute atomic E-state index is 0.0397. The van der Waals surface area contributed by atoms with E-state index in [1.807, 2.05) is 13.8 Å². The highest BCUT2D eigenvalue weighted by molar-refractivity contribution is 6.23. The summed E-state index contributed by atoms with van der Waals surface area (Å²) < 4.78 is 51.6. The Balaban J connectivity index is 0.793. The number of halogens is 3. The molecule has 0 spiro atoms. The predicted molar refractivity (Wildman–Crippen MR) is 258 cm³/mol. The third-order valence-corrected chi connectivity index (χ3v) is 15.1. The van der Waals surface area contributed by atoms with Gasteiger partial charge in [-0.05, 0) is 70.2 Å². The van der Waals surface area contributed by atoms with E-state index in [0.717, 1.165) is 34.4 Å². The van der Waals surface area contributed by atoms with Gasteiger partial charge in [-0.1, -0.05) is 26.7 Å². The number of rotatable bonds is 12. The molecular formula is C50H60F3N11O8. The van der Waals surface area contributed by atoms with Crippen LogP contribution in [0.3, 0.4) is 0 Å². The van der Waals surface area contributed by atoms with Crippen molar-refractivity contribution in [1.82, 2.24) is 35.3 Å². The van der Waals surface area contributed by atoms with Crippen molar-refractivity contribution in [3.63, 3.8) is 0 Å². The molecule has 2 aromatic carbocycles. The summed E-state index contributed by atoms with van der Waals surface area (Å²) >= 11 is 0. The fourth-order valence-electron chi connectivity index (χ4n) is 11.5. The topological polar surface area (TPSA) is 210 Å². The maximum Gasteiger partial charge on any atom is 0.342 e. The molecule has 19 nitrogen and oxygen atoms in total. The van der Waals surface area contributed by atoms with Gasteiger partial charge in [0.05, 0.1) is 42.2 Å². The monoisotopic (exact) mass is 999 g/mol. The van der Waals surface area contributed by atoms with Crippen molar-refractivity contribution in [1.29, 1.82) is 0 Å². The van der Waals surface area contributed by atoms with E-state index in [-0.39, 0.29) is 76.9 Å². The lowest BCUT2D eigenvalue weighted by molar-refractivity contribution is -0.141. The average molecular weight is 1000 g/mol. The quantitative estimate of drug-likeness (QED) is 0.214. The number of hydrogen-bond donors (Lipinski definition) is 3. The molecule has 1 unspecified atom stereocenters. The van der Waals surface area contributed by atoms with Crippen molar-refractivity contribution < 1.29 is 51.5 Å². The Morgan fingerprint density at radius 1 is 0.917 bits per heavy atom. The number of hydrogen-bond acceptors (Lipinski definition) is 14. The fraction of sp³-hybridized carbons (Fsp3) is 0.540. The molecule has 3 saturated heterocycles. The minimum Gasteiger partial charge on any atom is -0.495 e. The van der Waals surface area contributed by atoms with Crippen LogP contribution in [0.2, 0.25) is 0 Å². The Bertz CT molecular complexity index is 2740. The molecule has 7 amide bonds. The van der Waals surface area contributed by atoms with Crippen molar-refractivity contribution in [2.75, 3.05) is 80.0 Å². The van der Waals surface area contributed by atoms with E-state index < -0.39 is 76.8 Å². The summed E-state index contributed by atoms with van der Waals surface area (Å²) in [7, 11) is 2.60. The van der Waals surface area contributed by atoms with Crippen LogP contribution in [0.1, 0.15) is 110 Å². The van der Waals surface area contributed by atoms with Gasteiger partial charge in [-0.15, -0.1) is 0 Å². The van der Waals surface area contributed by atoms with Gasteiger partial charge in [-0.25, -0.2) is 9.37 Å². The highest BCUT2D eigenvalue weighted by Crippen LogP contribution is 2.41. The largest absolute Gasteiger partial charge is 0.495 e. The van der Waals surface area contributed by atoms with E-state index in [2.05, 4.69) is 49.6 Å². The molecular weight excluding hydrogens is 940 g/mol. The van der Waals surface area contributed by atoms with Gasteiger partial charge in [0, 0.05) is 87.5 Å². The lowest BCUT2D eigenvalue weighted by Crippen LogP contribution is -2.57. The third kappa shape index (κ3) is 9.40. The number of fused-ring (bicyclic) bond motifs is 2. The first-order valence-electron chi connectivity index (χ1n) is 24.5. The zero-order chi connectivity index (χ0) is 51.6. The first kappa shape index (κ1) is 50.1. The zero-order valence-electron chi connectivity index (χ0n) is 41.3. The first-order chi connectivity index (χ1) is 34.1. The number of benzene rings is 2. The highest BCUT2D eigenvalue weighted by Gasteiger charge is 2.50. The van der Waals surface area contributed by atoms with Crippen LogP contribution >= 0.6 is 0 Å². The Morgan fingerprint density at radius 3 is 2.32 bits per heavy atom. The standard InChI is InChI=1S/C50H60F3N11O8/c1-48(2,26-49(3,4)62-19-17-60(18-20-62)30-11-12-31-32(21-30)44(69)64(43(31)68)36-13-14-39(65)57-42(36)67)45(70)61-16-15-28(25-61)55-41(66)33-22-38(72-6)35(23-34(33)51)56-47-54-24-37-40(58-47)63(29-9-7-8-10-29)27-50(52,53)46(71)59(37)5/h11-12,21-24,28-29,36H,7-10,13-20,25-27H2,1-6H3,(H,55,66)(H,54,56,58)(H,57,65,67)/t28-,36?/m0/s1. The number of carbonyl (C=O) groups is 7. The molecule has 9 rings (SSSR count). The summed E-state index contributed by atoms with van der Waals surface area (Å²) in [6.45, 7) is 10.4. The number of ether oxygens (including phenoxy) is 1. The number of likely N-dealkylation sites (tertiary alicyclic amines) is 1. The number of aromatic nitrogens is 2. The number of anilines is 5. The second-order valence-electron chi connectivity index (χ2n) is 20.9. The van der Waals surface area contributed by atoms with Gasteiger partial charge in [-0.3, -0.25) is 48.7 Å². The summed E-state index contributed by atoms with van der Waals surface area (Å²) in [5.74, 6) is -8.71. The van der Waals surface area contributed by atoms with Crippen LogP contribution in [-0.2, 0) is 19.2 Å². The number of piperazine rings is 1. The molecule has 1 aliphatic carbocycles. The number of nitrogens with zero attached hydrogens (tertiary/aromatic N) is 8. The first-order valence-corrected chi connectivity index (χ1v) is 24.5. The second kappa shape index (κ2) is 19.0. The van der Waals surface area contributed by atoms with E-state index in [4.69, 9.17) is 4.74 Å². The van der Waals surface area contributed by atoms with Crippen LogP contribution < -0.4 is 35.4 Å². The summed E-state index contributed by atoms with van der Waals surface area (Å²) in [4.78, 5) is 110. The lowest BCUT2D eigenvalue weighted by Gasteiger charge is -2.47. The van der Waals surface area contributed by atoms with Crippen LogP contribution in [0.5, 0.6) is 5.75 Å². The Morgan fingerprint density at radius 2 is 1.62 bits per heavy atom. The molecule has 6 heterocycles. The molecule has 3 N–H and O–H groups in total. The van der Waals surface area contributed by atoms with Gasteiger partial charge >= 0.3 is 5.92 Å². The lowest BCUT2D eigenvalue weighted by atomic mass is 9.78. The van der Waals surface area contributed by atoms with Gasteiger partial charge < -0.3 is 35.0 Å². The highest BCUT2D eigenvalue weighted by atomic mass is 19.3. The van der Waals surface area contributed by atoms with E-state index in [1.165, 1.54) is 31.3 Å². The summed E-state index contributed by atoms with van der Waals surface area (Å²) in [5.41, 5.74) is -0.0925. The second-order valence-corrected chi connectivity index (χ2v) is 20.9. The van der Waals surface area contributed by atoms with Gasteiger partial charge in [0.15, 0.2) is 5.82 Å². The van der Waals surface area contributed by atoms with Crippen molar-refractivity contribution >= 4 is 70.2 Å². The maximum absolute atomic E-state index is 15.9. The molecule has 72 heavy (non-hydrogen) atoms. The smallest absolute Gasteiger partial charge is 0.342 e. The van der Waals surface area contributed by atoms with Crippen LogP contribution in [0, 0.1) is 11.2 Å². The van der Waals surface area contributed by atoms with Crippen molar-refractivity contribution in [2.24, 2.45) is 5.41 Å². The summed E-state index contributed by atoms with van der Waals surface area (Å²) in [5, 5.41) is 8.01. The molecule has 1 aromatic heterocycles. The normalized spacial score (nSPS) is 22.0. The number of alkyl halides is 2. The summed E-state index contributed by atoms with van der Waals surface area (Å²) in [6, 6.07) is 5.65. The molecule has 6 aliphatic rings. The van der Waals surface area contributed by atoms with Gasteiger partial charge in [0.2, 0.25) is 23.7 Å². The number of carbonyl (C=O) groups excluding carboxylic acids is 7. The molecule has 2 atom stereocenters. The number of piperidine rings is 1. The molecule has 0 radical (unpaired) electrons. The molecule has 22 heteroatoms. The molecule has 5 aliphatic heterocycles. The molecule has 1 saturated carbocycles. The Kier molecular flexibility index (Phi) is 13.2. The van der Waals surface area contributed by atoms with Crippen molar-refractivity contribution in [2.45, 2.75) is 109 Å². The molecule has 384 valence electrons. The number of methoxy groups -OCH3 is 1. The summed E-state index contributed by atoms with van der Waals surface area (Å²) in [6.07, 6.45) is 5.39. The fourth-order valence-corrected chi connectivity index (χ4v) is 11.5. The van der Waals surface area contributed by atoms with Gasteiger partial charge in [-0.2, -0.15) is 13.8 Å². The molecule has 3 aromatic rings. The van der Waals surface area contributed by atoms with Gasteiger partial charge in [0.1, 0.15) is 23.3 Å². The van der Waals surface area contributed by atoms with Crippen molar-refractivity contribution in [3.05, 3.63) is 59.0 Å². The van der Waals surface area contributed by atoms with Crippen LogP contribution in [-0.4, -0.2) is 156 Å². The Hall–Kier alpha value is -6.84. The molecule has 0 bridgehead atoms. The third-order valence-electron chi connectivity index (χ3n) is 15.1. The SMILES string of the molecule is COc1cc(C(=O)N[C@H]2CCN(C(=O)C(C)(C)CC(C)(C)N3CCN(c4ccc5c(c4)C(=O)N(C4CCC(=O)NC4=O)C5=O)CC3)C2)c(F)cc1Nc1ncc2c(n1)N(C1CCCC1)CC(F)(F)C(=O)N2C.